The van der Waals surface area contributed by atoms with Gasteiger partial charge in [-0.1, -0.05) is 22.0 Å². The van der Waals surface area contributed by atoms with Gasteiger partial charge in [-0.25, -0.2) is 0 Å². The molecule has 0 aliphatic carbocycles. The first kappa shape index (κ1) is 12.4. The number of hydrogen-bond donors (Lipinski definition) is 1. The largest absolute Gasteiger partial charge is 0.381 e. The number of nitrogens with zero attached hydrogens (tertiary/aromatic N) is 1. The van der Waals surface area contributed by atoms with Crippen molar-refractivity contribution in [2.75, 3.05) is 18.5 Å². The number of halogens is 1. The normalized spacial score (nSPS) is 21.5. The van der Waals surface area contributed by atoms with Crippen LogP contribution in [0.3, 0.4) is 0 Å². The Balaban J connectivity index is 2.02. The summed E-state index contributed by atoms with van der Waals surface area (Å²) in [7, 11) is 0. The van der Waals surface area contributed by atoms with Crippen LogP contribution < -0.4 is 5.32 Å². The van der Waals surface area contributed by atoms with E-state index in [1.54, 1.807) is 0 Å². The molecule has 90 valence electrons. The third-order valence-electron chi connectivity index (χ3n) is 2.95. The minimum absolute atomic E-state index is 0.176. The molecule has 1 aliphatic heterocycles. The van der Waals surface area contributed by atoms with Crippen LogP contribution in [0.25, 0.3) is 0 Å². The van der Waals surface area contributed by atoms with Crippen molar-refractivity contribution in [3.05, 3.63) is 28.7 Å². The molecule has 2 rings (SSSR count). The number of anilines is 1. The molecule has 2 atom stereocenters. The SMILES string of the molecule is N#CC(Nc1cccc(Br)c1)C1CCCOC1. The van der Waals surface area contributed by atoms with Gasteiger partial charge < -0.3 is 10.1 Å². The van der Waals surface area contributed by atoms with E-state index in [2.05, 4.69) is 27.3 Å². The third kappa shape index (κ3) is 3.45. The molecule has 1 heterocycles. The highest BCUT2D eigenvalue weighted by atomic mass is 79.9. The maximum atomic E-state index is 9.23. The highest BCUT2D eigenvalue weighted by molar-refractivity contribution is 9.10. The van der Waals surface area contributed by atoms with Crippen LogP contribution in [0, 0.1) is 17.2 Å². The lowest BCUT2D eigenvalue weighted by Crippen LogP contribution is -2.33. The van der Waals surface area contributed by atoms with Crippen molar-refractivity contribution in [3.63, 3.8) is 0 Å². The van der Waals surface area contributed by atoms with Gasteiger partial charge >= 0.3 is 0 Å². The average Bonchev–Trinajstić information content (AvgIpc) is 2.37. The maximum absolute atomic E-state index is 9.23. The summed E-state index contributed by atoms with van der Waals surface area (Å²) < 4.78 is 6.44. The van der Waals surface area contributed by atoms with Crippen molar-refractivity contribution in [3.8, 4) is 6.07 Å². The molecule has 1 saturated heterocycles. The van der Waals surface area contributed by atoms with E-state index in [0.29, 0.717) is 6.61 Å². The summed E-state index contributed by atoms with van der Waals surface area (Å²) in [5.41, 5.74) is 0.969. The lowest BCUT2D eigenvalue weighted by molar-refractivity contribution is 0.0532. The molecule has 17 heavy (non-hydrogen) atoms. The van der Waals surface area contributed by atoms with Crippen molar-refractivity contribution < 1.29 is 4.74 Å². The molecule has 4 heteroatoms. The first-order valence-electron chi connectivity index (χ1n) is 5.79. The van der Waals surface area contributed by atoms with Gasteiger partial charge in [0.1, 0.15) is 6.04 Å². The van der Waals surface area contributed by atoms with Crippen LogP contribution in [0.1, 0.15) is 12.8 Å². The average molecular weight is 295 g/mol. The van der Waals surface area contributed by atoms with E-state index in [0.717, 1.165) is 29.6 Å². The second-order valence-electron chi connectivity index (χ2n) is 4.24. The molecule has 0 saturated carbocycles. The molecule has 0 spiro atoms. The molecule has 1 aromatic carbocycles. The highest BCUT2D eigenvalue weighted by Gasteiger charge is 2.23. The van der Waals surface area contributed by atoms with Crippen molar-refractivity contribution in [2.45, 2.75) is 18.9 Å². The van der Waals surface area contributed by atoms with Gasteiger partial charge in [0.25, 0.3) is 0 Å². The van der Waals surface area contributed by atoms with Crippen molar-refractivity contribution in [1.82, 2.24) is 0 Å². The van der Waals surface area contributed by atoms with Gasteiger partial charge in [0.2, 0.25) is 0 Å². The summed E-state index contributed by atoms with van der Waals surface area (Å²) >= 11 is 3.42. The van der Waals surface area contributed by atoms with Crippen molar-refractivity contribution >= 4 is 21.6 Å². The Morgan fingerprint density at radius 3 is 3.06 bits per heavy atom. The monoisotopic (exact) mass is 294 g/mol. The first-order valence-corrected chi connectivity index (χ1v) is 6.58. The van der Waals surface area contributed by atoms with Crippen LogP contribution in [0.15, 0.2) is 28.7 Å². The molecule has 2 unspecified atom stereocenters. The third-order valence-corrected chi connectivity index (χ3v) is 3.45. The van der Waals surface area contributed by atoms with Gasteiger partial charge in [0.05, 0.1) is 12.7 Å². The zero-order valence-corrected chi connectivity index (χ0v) is 11.1. The van der Waals surface area contributed by atoms with Gasteiger partial charge in [-0.3, -0.25) is 0 Å². The highest BCUT2D eigenvalue weighted by Crippen LogP contribution is 2.22. The van der Waals surface area contributed by atoms with Gasteiger partial charge in [-0.2, -0.15) is 5.26 Å². The first-order chi connectivity index (χ1) is 8.29. The molecule has 0 radical (unpaired) electrons. The van der Waals surface area contributed by atoms with E-state index in [1.807, 2.05) is 24.3 Å². The minimum atomic E-state index is -0.176. The molecule has 1 aromatic rings. The van der Waals surface area contributed by atoms with Gasteiger partial charge in [0, 0.05) is 22.7 Å². The second kappa shape index (κ2) is 6.04. The minimum Gasteiger partial charge on any atom is -0.381 e. The number of ether oxygens (including phenoxy) is 1. The predicted molar refractivity (Wildman–Crippen MR) is 70.7 cm³/mol. The lowest BCUT2D eigenvalue weighted by atomic mass is 9.94. The molecular weight excluding hydrogens is 280 g/mol. The van der Waals surface area contributed by atoms with Gasteiger partial charge in [0.15, 0.2) is 0 Å². The molecular formula is C13H15BrN2O. The molecule has 1 fully saturated rings. The number of hydrogen-bond acceptors (Lipinski definition) is 3. The molecule has 3 nitrogen and oxygen atoms in total. The number of nitriles is 1. The Morgan fingerprint density at radius 2 is 2.41 bits per heavy atom. The number of rotatable bonds is 3. The van der Waals surface area contributed by atoms with E-state index in [-0.39, 0.29) is 12.0 Å². The summed E-state index contributed by atoms with van der Waals surface area (Å²) in [6, 6.07) is 10.0. The van der Waals surface area contributed by atoms with Crippen molar-refractivity contribution in [2.24, 2.45) is 5.92 Å². The standard InChI is InChI=1S/C13H15BrN2O/c14-11-4-1-5-12(7-11)16-13(8-15)10-3-2-6-17-9-10/h1,4-5,7,10,13,16H,2-3,6,9H2. The Bertz CT molecular complexity index is 410. The van der Waals surface area contributed by atoms with E-state index < -0.39 is 0 Å². The molecule has 0 bridgehead atoms. The smallest absolute Gasteiger partial charge is 0.119 e. The van der Waals surface area contributed by atoms with Crippen LogP contribution in [-0.4, -0.2) is 19.3 Å². The second-order valence-corrected chi connectivity index (χ2v) is 5.15. The predicted octanol–water partition coefficient (Wildman–Crippen LogP) is 3.18. The Labute approximate surface area is 110 Å². The van der Waals surface area contributed by atoms with Crippen LogP contribution in [0.2, 0.25) is 0 Å². The Hall–Kier alpha value is -1.05. The fraction of sp³-hybridized carbons (Fsp3) is 0.462. The van der Waals surface area contributed by atoms with Gasteiger partial charge in [-0.15, -0.1) is 0 Å². The van der Waals surface area contributed by atoms with Crippen LogP contribution in [0.5, 0.6) is 0 Å². The maximum Gasteiger partial charge on any atom is 0.119 e. The summed E-state index contributed by atoms with van der Waals surface area (Å²) in [6.45, 7) is 1.50. The zero-order valence-electron chi connectivity index (χ0n) is 9.53. The quantitative estimate of drug-likeness (QED) is 0.931. The number of nitrogens with one attached hydrogen (secondary N) is 1. The summed E-state index contributed by atoms with van der Waals surface area (Å²) in [4.78, 5) is 0. The Kier molecular flexibility index (Phi) is 4.41. The fourth-order valence-corrected chi connectivity index (χ4v) is 2.44. The summed E-state index contributed by atoms with van der Waals surface area (Å²) in [5, 5.41) is 12.5. The van der Waals surface area contributed by atoms with Gasteiger partial charge in [-0.05, 0) is 31.0 Å². The molecule has 0 amide bonds. The zero-order chi connectivity index (χ0) is 12.1. The van der Waals surface area contributed by atoms with Crippen LogP contribution in [0.4, 0.5) is 5.69 Å². The van der Waals surface area contributed by atoms with E-state index in [9.17, 15) is 5.26 Å². The summed E-state index contributed by atoms with van der Waals surface area (Å²) in [6.07, 6.45) is 2.10. The molecule has 1 aliphatic rings. The van der Waals surface area contributed by atoms with Crippen LogP contribution >= 0.6 is 15.9 Å². The molecule has 0 aromatic heterocycles. The number of benzene rings is 1. The fourth-order valence-electron chi connectivity index (χ4n) is 2.04. The molecule has 1 N–H and O–H groups in total. The Morgan fingerprint density at radius 1 is 1.53 bits per heavy atom. The summed E-state index contributed by atoms with van der Waals surface area (Å²) in [5.74, 6) is 0.285. The van der Waals surface area contributed by atoms with Crippen LogP contribution in [-0.2, 0) is 4.74 Å². The van der Waals surface area contributed by atoms with Crippen molar-refractivity contribution in [1.29, 1.82) is 5.26 Å². The van der Waals surface area contributed by atoms with E-state index >= 15 is 0 Å². The van der Waals surface area contributed by atoms with E-state index in [4.69, 9.17) is 4.74 Å². The lowest BCUT2D eigenvalue weighted by Gasteiger charge is -2.27. The van der Waals surface area contributed by atoms with E-state index in [1.165, 1.54) is 0 Å². The topological polar surface area (TPSA) is 45.0 Å².